The number of carbonyl (C=O) groups is 2. The Balaban J connectivity index is 2.64. The average Bonchev–Trinajstić information content (AvgIpc) is 2.57. The largest absolute Gasteiger partial charge is 0.456 e. The Hall–Kier alpha value is -3.00. The topological polar surface area (TPSA) is 125 Å². The summed E-state index contributed by atoms with van der Waals surface area (Å²) in [6.07, 6.45) is 0. The number of hydrogen-bond donors (Lipinski definition) is 2. The van der Waals surface area contributed by atoms with Gasteiger partial charge in [0.15, 0.2) is 0 Å². The Morgan fingerprint density at radius 1 is 0.966 bits per heavy atom. The van der Waals surface area contributed by atoms with Crippen LogP contribution in [0.15, 0.2) is 24.3 Å². The molecule has 0 fully saturated rings. The predicted octanol–water partition coefficient (Wildman–Crippen LogP) is 3.13. The molecule has 0 saturated carbocycles. The Bertz CT molecular complexity index is 927. The molecule has 2 aromatic heterocycles. The first kappa shape index (κ1) is 22.3. The van der Waals surface area contributed by atoms with E-state index in [2.05, 4.69) is 9.97 Å². The highest BCUT2D eigenvalue weighted by molar-refractivity contribution is 6.07. The summed E-state index contributed by atoms with van der Waals surface area (Å²) in [6.45, 7) is 10.0. The van der Waals surface area contributed by atoms with Crippen molar-refractivity contribution >= 4 is 17.8 Å². The molecule has 0 aromatic carbocycles. The van der Waals surface area contributed by atoms with Gasteiger partial charge in [0.1, 0.15) is 22.6 Å². The fourth-order valence-corrected chi connectivity index (χ4v) is 2.44. The first-order valence-corrected chi connectivity index (χ1v) is 9.15. The molecule has 0 unspecified atom stereocenters. The van der Waals surface area contributed by atoms with E-state index in [1.807, 2.05) is 0 Å². The maximum Gasteiger partial charge on any atom is 0.343 e. The molecule has 8 nitrogen and oxygen atoms in total. The standard InChI is InChI=1S/C21H27N3O5/c1-20(2,3)28-18(26)13-10-15(14-9-7-8-12(11-25)23-14)24-17(22)16(13)19(27)29-21(4,5)6/h7-10,25H,11H2,1-6H3,(H2,22,24). The first-order valence-electron chi connectivity index (χ1n) is 9.15. The van der Waals surface area contributed by atoms with Gasteiger partial charge in [-0.15, -0.1) is 0 Å². The molecule has 8 heteroatoms. The van der Waals surface area contributed by atoms with Crippen molar-refractivity contribution in [3.05, 3.63) is 41.1 Å². The van der Waals surface area contributed by atoms with Gasteiger partial charge >= 0.3 is 11.9 Å². The van der Waals surface area contributed by atoms with Crippen LogP contribution in [0.2, 0.25) is 0 Å². The van der Waals surface area contributed by atoms with Gasteiger partial charge < -0.3 is 20.3 Å². The van der Waals surface area contributed by atoms with Crippen molar-refractivity contribution in [1.29, 1.82) is 0 Å². The molecule has 156 valence electrons. The van der Waals surface area contributed by atoms with Crippen LogP contribution in [-0.2, 0) is 16.1 Å². The molecule has 0 radical (unpaired) electrons. The summed E-state index contributed by atoms with van der Waals surface area (Å²) in [5, 5.41) is 9.32. The lowest BCUT2D eigenvalue weighted by Gasteiger charge is -2.23. The fraction of sp³-hybridized carbons (Fsp3) is 0.429. The van der Waals surface area contributed by atoms with Crippen LogP contribution in [0.25, 0.3) is 11.4 Å². The van der Waals surface area contributed by atoms with Crippen LogP contribution in [0.3, 0.4) is 0 Å². The number of ether oxygens (including phenoxy) is 2. The number of pyridine rings is 2. The number of nitrogens with two attached hydrogens (primary N) is 1. The molecule has 3 N–H and O–H groups in total. The maximum absolute atomic E-state index is 12.8. The second-order valence-corrected chi connectivity index (χ2v) is 8.49. The summed E-state index contributed by atoms with van der Waals surface area (Å²) in [4.78, 5) is 34.1. The molecular formula is C21H27N3O5. The first-order chi connectivity index (χ1) is 13.3. The van der Waals surface area contributed by atoms with Gasteiger partial charge in [-0.05, 0) is 59.7 Å². The molecule has 0 aliphatic heterocycles. The molecule has 2 rings (SSSR count). The van der Waals surface area contributed by atoms with E-state index < -0.39 is 23.1 Å². The number of hydrogen-bond acceptors (Lipinski definition) is 8. The SMILES string of the molecule is CC(C)(C)OC(=O)c1cc(-c2cccc(CO)n2)nc(N)c1C(=O)OC(C)(C)C. The van der Waals surface area contributed by atoms with Gasteiger partial charge in [-0.25, -0.2) is 19.6 Å². The number of aliphatic hydroxyl groups is 1. The molecular weight excluding hydrogens is 374 g/mol. The average molecular weight is 401 g/mol. The zero-order valence-electron chi connectivity index (χ0n) is 17.6. The van der Waals surface area contributed by atoms with Crippen LogP contribution in [0.1, 0.15) is 68.0 Å². The van der Waals surface area contributed by atoms with E-state index in [-0.39, 0.29) is 29.2 Å². The van der Waals surface area contributed by atoms with Gasteiger partial charge in [0.25, 0.3) is 0 Å². The highest BCUT2D eigenvalue weighted by Crippen LogP contribution is 2.27. The number of anilines is 1. The van der Waals surface area contributed by atoms with Gasteiger partial charge in [-0.2, -0.15) is 0 Å². The van der Waals surface area contributed by atoms with E-state index in [4.69, 9.17) is 15.2 Å². The van der Waals surface area contributed by atoms with Crippen molar-refractivity contribution in [1.82, 2.24) is 9.97 Å². The Kier molecular flexibility index (Phi) is 6.27. The third-order valence-electron chi connectivity index (χ3n) is 3.50. The minimum absolute atomic E-state index is 0.0622. The number of rotatable bonds is 4. The van der Waals surface area contributed by atoms with Crippen LogP contribution in [0.5, 0.6) is 0 Å². The van der Waals surface area contributed by atoms with Crippen LogP contribution >= 0.6 is 0 Å². The number of aliphatic hydroxyl groups excluding tert-OH is 1. The lowest BCUT2D eigenvalue weighted by Crippen LogP contribution is -2.29. The lowest BCUT2D eigenvalue weighted by molar-refractivity contribution is 0.00192. The van der Waals surface area contributed by atoms with Gasteiger partial charge in [-0.1, -0.05) is 6.07 Å². The van der Waals surface area contributed by atoms with Crippen LogP contribution in [0, 0.1) is 0 Å². The van der Waals surface area contributed by atoms with E-state index in [9.17, 15) is 14.7 Å². The van der Waals surface area contributed by atoms with E-state index in [1.165, 1.54) is 6.07 Å². The Labute approximate surface area is 170 Å². The van der Waals surface area contributed by atoms with E-state index in [0.717, 1.165) is 0 Å². The van der Waals surface area contributed by atoms with E-state index in [1.54, 1.807) is 59.7 Å². The van der Waals surface area contributed by atoms with E-state index in [0.29, 0.717) is 11.4 Å². The normalized spacial score (nSPS) is 11.8. The molecule has 0 bridgehead atoms. The van der Waals surface area contributed by atoms with Crippen molar-refractivity contribution < 1.29 is 24.2 Å². The second-order valence-electron chi connectivity index (χ2n) is 8.49. The van der Waals surface area contributed by atoms with Gasteiger partial charge in [0.2, 0.25) is 0 Å². The van der Waals surface area contributed by atoms with Crippen LogP contribution < -0.4 is 5.73 Å². The third kappa shape index (κ3) is 5.99. The lowest BCUT2D eigenvalue weighted by atomic mass is 10.0. The van der Waals surface area contributed by atoms with Gasteiger partial charge in [0, 0.05) is 0 Å². The highest BCUT2D eigenvalue weighted by Gasteiger charge is 2.30. The van der Waals surface area contributed by atoms with Crippen LogP contribution in [-0.4, -0.2) is 38.2 Å². The molecule has 0 spiro atoms. The number of esters is 2. The zero-order chi connectivity index (χ0) is 22.0. The molecule has 0 saturated heterocycles. The number of aromatic nitrogens is 2. The van der Waals surface area contributed by atoms with Crippen LogP contribution in [0.4, 0.5) is 5.82 Å². The van der Waals surface area contributed by atoms with Crippen molar-refractivity contribution in [3.8, 4) is 11.4 Å². The Morgan fingerprint density at radius 3 is 2.10 bits per heavy atom. The summed E-state index contributed by atoms with van der Waals surface area (Å²) in [6, 6.07) is 6.40. The van der Waals surface area contributed by atoms with Gasteiger partial charge in [0.05, 0.1) is 29.3 Å². The van der Waals surface area contributed by atoms with Crippen molar-refractivity contribution in [2.45, 2.75) is 59.4 Å². The predicted molar refractivity (Wildman–Crippen MR) is 108 cm³/mol. The minimum Gasteiger partial charge on any atom is -0.456 e. The number of nitrogen functional groups attached to an aromatic ring is 1. The second kappa shape index (κ2) is 8.16. The summed E-state index contributed by atoms with van der Waals surface area (Å²) in [5.74, 6) is -1.67. The molecule has 2 aromatic rings. The fourth-order valence-electron chi connectivity index (χ4n) is 2.44. The van der Waals surface area contributed by atoms with Crippen molar-refractivity contribution in [2.24, 2.45) is 0 Å². The van der Waals surface area contributed by atoms with Crippen molar-refractivity contribution in [2.75, 3.05) is 5.73 Å². The molecule has 2 heterocycles. The summed E-state index contributed by atoms with van der Waals surface area (Å²) in [5.41, 5.74) is 5.36. The third-order valence-corrected chi connectivity index (χ3v) is 3.50. The van der Waals surface area contributed by atoms with Gasteiger partial charge in [-0.3, -0.25) is 0 Å². The summed E-state index contributed by atoms with van der Waals surface area (Å²) >= 11 is 0. The number of carbonyl (C=O) groups excluding carboxylic acids is 2. The monoisotopic (exact) mass is 401 g/mol. The molecule has 0 atom stereocenters. The molecule has 0 aliphatic carbocycles. The smallest absolute Gasteiger partial charge is 0.343 e. The summed E-state index contributed by atoms with van der Waals surface area (Å²) < 4.78 is 10.8. The minimum atomic E-state index is -0.787. The van der Waals surface area contributed by atoms with Crippen molar-refractivity contribution in [3.63, 3.8) is 0 Å². The number of nitrogens with zero attached hydrogens (tertiary/aromatic N) is 2. The van der Waals surface area contributed by atoms with E-state index >= 15 is 0 Å². The molecule has 29 heavy (non-hydrogen) atoms. The zero-order valence-corrected chi connectivity index (χ0v) is 17.6. The molecule has 0 amide bonds. The maximum atomic E-state index is 12.8. The molecule has 0 aliphatic rings. The Morgan fingerprint density at radius 2 is 1.55 bits per heavy atom. The summed E-state index contributed by atoms with van der Waals surface area (Å²) in [7, 11) is 0. The quantitative estimate of drug-likeness (QED) is 0.749. The highest BCUT2D eigenvalue weighted by atomic mass is 16.6.